The molecule has 102 valence electrons. The molecule has 0 aliphatic carbocycles. The molecule has 0 aliphatic heterocycles. The molecule has 0 spiro atoms. The molecule has 1 N–H and O–H groups in total. The largest absolute Gasteiger partial charge is 0.507 e. The van der Waals surface area contributed by atoms with Gasteiger partial charge in [-0.15, -0.1) is 0 Å². The summed E-state index contributed by atoms with van der Waals surface area (Å²) < 4.78 is 5.20. The highest BCUT2D eigenvalue weighted by Gasteiger charge is 2.17. The van der Waals surface area contributed by atoms with Gasteiger partial charge >= 0.3 is 5.97 Å². The van der Waals surface area contributed by atoms with Crippen LogP contribution in [0.15, 0.2) is 48.5 Å². The number of thioether (sulfide) groups is 1. The third-order valence-corrected chi connectivity index (χ3v) is 3.21. The maximum atomic E-state index is 12.0. The van der Waals surface area contributed by atoms with E-state index in [0.717, 1.165) is 11.8 Å². The summed E-state index contributed by atoms with van der Waals surface area (Å²) in [7, 11) is 0. The van der Waals surface area contributed by atoms with Crippen LogP contribution in [0.5, 0.6) is 11.5 Å². The zero-order chi connectivity index (χ0) is 14.5. The predicted octanol–water partition coefficient (Wildman–Crippen LogP) is 3.11. The minimum absolute atomic E-state index is 0.0545. The van der Waals surface area contributed by atoms with Gasteiger partial charge in [-0.25, -0.2) is 4.79 Å². The molecule has 5 heteroatoms. The zero-order valence-corrected chi connectivity index (χ0v) is 11.5. The van der Waals surface area contributed by atoms with Crippen LogP contribution in [0.2, 0.25) is 0 Å². The summed E-state index contributed by atoms with van der Waals surface area (Å²) in [5.74, 6) is -0.685. The molecule has 0 atom stereocenters. The van der Waals surface area contributed by atoms with Gasteiger partial charge < -0.3 is 9.84 Å². The monoisotopic (exact) mass is 288 g/mol. The SMILES string of the molecule is CSC(=O)c1ccccc1OC(=O)c1ccccc1O. The quantitative estimate of drug-likeness (QED) is 0.694. The van der Waals surface area contributed by atoms with Gasteiger partial charge in [0.2, 0.25) is 5.12 Å². The zero-order valence-electron chi connectivity index (χ0n) is 10.7. The Balaban J connectivity index is 2.29. The summed E-state index contributed by atoms with van der Waals surface area (Å²) >= 11 is 1.04. The molecule has 0 fully saturated rings. The van der Waals surface area contributed by atoms with Gasteiger partial charge in [-0.2, -0.15) is 0 Å². The van der Waals surface area contributed by atoms with Crippen LogP contribution in [0.25, 0.3) is 0 Å². The van der Waals surface area contributed by atoms with E-state index in [0.29, 0.717) is 5.56 Å². The van der Waals surface area contributed by atoms with E-state index in [-0.39, 0.29) is 22.2 Å². The highest BCUT2D eigenvalue weighted by molar-refractivity contribution is 8.13. The fraction of sp³-hybridized carbons (Fsp3) is 0.0667. The van der Waals surface area contributed by atoms with E-state index in [1.54, 1.807) is 42.7 Å². The van der Waals surface area contributed by atoms with Crippen LogP contribution in [-0.2, 0) is 0 Å². The van der Waals surface area contributed by atoms with Crippen LogP contribution in [0, 0.1) is 0 Å². The summed E-state index contributed by atoms with van der Waals surface area (Å²) in [6, 6.07) is 12.6. The number of carbonyl (C=O) groups is 2. The van der Waals surface area contributed by atoms with Crippen molar-refractivity contribution in [2.24, 2.45) is 0 Å². The molecule has 0 amide bonds. The second-order valence-corrected chi connectivity index (χ2v) is 4.67. The summed E-state index contributed by atoms with van der Waals surface area (Å²) in [5.41, 5.74) is 0.377. The van der Waals surface area contributed by atoms with Crippen LogP contribution < -0.4 is 4.74 Å². The normalized spacial score (nSPS) is 10.1. The van der Waals surface area contributed by atoms with E-state index in [1.165, 1.54) is 12.1 Å². The van der Waals surface area contributed by atoms with E-state index in [2.05, 4.69) is 0 Å². The molecule has 2 aromatic rings. The number of aromatic hydroxyl groups is 1. The Hall–Kier alpha value is -2.27. The number of esters is 1. The molecule has 0 aromatic heterocycles. The lowest BCUT2D eigenvalue weighted by molar-refractivity contribution is 0.0730. The van der Waals surface area contributed by atoms with Crippen molar-refractivity contribution in [3.05, 3.63) is 59.7 Å². The van der Waals surface area contributed by atoms with Crippen LogP contribution >= 0.6 is 11.8 Å². The Labute approximate surface area is 120 Å². The summed E-state index contributed by atoms with van der Waals surface area (Å²) in [4.78, 5) is 23.7. The Morgan fingerprint density at radius 1 is 1.00 bits per heavy atom. The van der Waals surface area contributed by atoms with Gasteiger partial charge in [0.05, 0.1) is 5.56 Å². The van der Waals surface area contributed by atoms with Gasteiger partial charge in [0.15, 0.2) is 0 Å². The summed E-state index contributed by atoms with van der Waals surface area (Å²) in [6.45, 7) is 0. The van der Waals surface area contributed by atoms with Crippen molar-refractivity contribution in [2.75, 3.05) is 6.26 Å². The fourth-order valence-corrected chi connectivity index (χ4v) is 2.02. The minimum Gasteiger partial charge on any atom is -0.507 e. The first kappa shape index (κ1) is 14.1. The van der Waals surface area contributed by atoms with Gasteiger partial charge in [-0.3, -0.25) is 4.79 Å². The van der Waals surface area contributed by atoms with Crippen molar-refractivity contribution in [2.45, 2.75) is 0 Å². The molecule has 0 aliphatic rings. The van der Waals surface area contributed by atoms with Crippen molar-refractivity contribution in [3.8, 4) is 11.5 Å². The molecule has 2 rings (SSSR count). The first-order chi connectivity index (χ1) is 9.63. The van der Waals surface area contributed by atoms with E-state index >= 15 is 0 Å². The molecular formula is C15H12O4S. The number of hydrogen-bond donors (Lipinski definition) is 1. The molecule has 0 bridgehead atoms. The second kappa shape index (κ2) is 6.25. The lowest BCUT2D eigenvalue weighted by Crippen LogP contribution is -2.11. The maximum Gasteiger partial charge on any atom is 0.347 e. The predicted molar refractivity (Wildman–Crippen MR) is 77.4 cm³/mol. The van der Waals surface area contributed by atoms with Gasteiger partial charge in [-0.05, 0) is 30.5 Å². The number of phenolic OH excluding ortho intramolecular Hbond substituents is 1. The molecule has 0 unspecified atom stereocenters. The number of phenols is 1. The van der Waals surface area contributed by atoms with E-state index in [9.17, 15) is 14.7 Å². The van der Waals surface area contributed by atoms with Gasteiger partial charge in [-0.1, -0.05) is 36.0 Å². The van der Waals surface area contributed by atoms with Crippen LogP contribution in [0.1, 0.15) is 20.7 Å². The molecule has 20 heavy (non-hydrogen) atoms. The molecule has 0 heterocycles. The highest BCUT2D eigenvalue weighted by atomic mass is 32.2. The topological polar surface area (TPSA) is 63.6 Å². The highest BCUT2D eigenvalue weighted by Crippen LogP contribution is 2.24. The Bertz CT molecular complexity index is 652. The lowest BCUT2D eigenvalue weighted by atomic mass is 10.2. The second-order valence-electron chi connectivity index (χ2n) is 3.89. The first-order valence-electron chi connectivity index (χ1n) is 5.81. The molecule has 0 saturated heterocycles. The molecule has 0 radical (unpaired) electrons. The summed E-state index contributed by atoms with van der Waals surface area (Å²) in [5, 5.41) is 9.42. The molecule has 4 nitrogen and oxygen atoms in total. The molecule has 2 aromatic carbocycles. The Morgan fingerprint density at radius 2 is 1.60 bits per heavy atom. The number of hydrogen-bond acceptors (Lipinski definition) is 5. The molecular weight excluding hydrogens is 276 g/mol. The number of rotatable bonds is 3. The van der Waals surface area contributed by atoms with Crippen molar-refractivity contribution in [1.29, 1.82) is 0 Å². The van der Waals surface area contributed by atoms with E-state index < -0.39 is 5.97 Å². The van der Waals surface area contributed by atoms with Crippen LogP contribution in [0.3, 0.4) is 0 Å². The average molecular weight is 288 g/mol. The van der Waals surface area contributed by atoms with E-state index in [4.69, 9.17) is 4.74 Å². The Morgan fingerprint density at radius 3 is 2.25 bits per heavy atom. The van der Waals surface area contributed by atoms with Crippen LogP contribution in [-0.4, -0.2) is 22.4 Å². The number of benzene rings is 2. The average Bonchev–Trinajstić information content (AvgIpc) is 2.47. The van der Waals surface area contributed by atoms with Crippen molar-refractivity contribution >= 4 is 22.8 Å². The number of para-hydroxylation sites is 2. The fourth-order valence-electron chi connectivity index (χ4n) is 1.64. The standard InChI is InChI=1S/C15H12O4S/c1-20-15(18)11-7-3-5-9-13(11)19-14(17)10-6-2-4-8-12(10)16/h2-9,16H,1H3. The van der Waals surface area contributed by atoms with Crippen molar-refractivity contribution < 1.29 is 19.4 Å². The smallest absolute Gasteiger partial charge is 0.347 e. The maximum absolute atomic E-state index is 12.0. The third-order valence-electron chi connectivity index (χ3n) is 2.62. The minimum atomic E-state index is -0.704. The Kier molecular flexibility index (Phi) is 4.42. The molecule has 0 saturated carbocycles. The number of ether oxygens (including phenoxy) is 1. The number of carbonyl (C=O) groups excluding carboxylic acids is 2. The van der Waals surface area contributed by atoms with Crippen molar-refractivity contribution in [3.63, 3.8) is 0 Å². The summed E-state index contributed by atoms with van der Waals surface area (Å²) in [6.07, 6.45) is 1.66. The third kappa shape index (κ3) is 3.00. The van der Waals surface area contributed by atoms with Crippen molar-refractivity contribution in [1.82, 2.24) is 0 Å². The van der Waals surface area contributed by atoms with E-state index in [1.807, 2.05) is 0 Å². The van der Waals surface area contributed by atoms with Gasteiger partial charge in [0.25, 0.3) is 0 Å². The lowest BCUT2D eigenvalue weighted by Gasteiger charge is -2.09. The van der Waals surface area contributed by atoms with Gasteiger partial charge in [0, 0.05) is 0 Å². The van der Waals surface area contributed by atoms with Gasteiger partial charge in [0.1, 0.15) is 17.1 Å². The first-order valence-corrected chi connectivity index (χ1v) is 7.03. The van der Waals surface area contributed by atoms with Crippen LogP contribution in [0.4, 0.5) is 0 Å².